The fourth-order valence-electron chi connectivity index (χ4n) is 2.04. The number of ether oxygens (including phenoxy) is 2. The van der Waals surface area contributed by atoms with Gasteiger partial charge in [0.05, 0.1) is 19.8 Å². The van der Waals surface area contributed by atoms with E-state index in [1.165, 1.54) is 0 Å². The van der Waals surface area contributed by atoms with Crippen molar-refractivity contribution in [3.63, 3.8) is 0 Å². The maximum atomic E-state index is 5.34. The van der Waals surface area contributed by atoms with E-state index in [-0.39, 0.29) is 24.0 Å². The van der Waals surface area contributed by atoms with Crippen LogP contribution in [0.4, 0.5) is 0 Å². The number of nitrogens with one attached hydrogen (secondary N) is 2. The van der Waals surface area contributed by atoms with E-state index in [0.29, 0.717) is 6.61 Å². The van der Waals surface area contributed by atoms with E-state index in [9.17, 15) is 0 Å². The fraction of sp³-hybridized carbons (Fsp3) is 0.929. The highest BCUT2D eigenvalue weighted by Crippen LogP contribution is 1.97. The lowest BCUT2D eigenvalue weighted by atomic mass is 10.3. The molecule has 1 aliphatic heterocycles. The van der Waals surface area contributed by atoms with Gasteiger partial charge in [0.2, 0.25) is 0 Å². The molecule has 7 heteroatoms. The van der Waals surface area contributed by atoms with E-state index in [4.69, 9.17) is 9.47 Å². The van der Waals surface area contributed by atoms with Crippen molar-refractivity contribution in [3.8, 4) is 0 Å². The number of morpholine rings is 1. The predicted octanol–water partition coefficient (Wildman–Crippen LogP) is 0.918. The van der Waals surface area contributed by atoms with E-state index in [1.807, 2.05) is 6.92 Å². The zero-order valence-corrected chi connectivity index (χ0v) is 15.7. The molecule has 126 valence electrons. The first kappa shape index (κ1) is 20.9. The minimum atomic E-state index is 0. The number of nitrogens with zero attached hydrogens (tertiary/aromatic N) is 2. The van der Waals surface area contributed by atoms with Gasteiger partial charge in [0, 0.05) is 45.9 Å². The number of hydrogen-bond acceptors (Lipinski definition) is 4. The summed E-state index contributed by atoms with van der Waals surface area (Å²) in [5.74, 6) is 0.884. The maximum Gasteiger partial charge on any atom is 0.191 e. The number of guanidine groups is 1. The van der Waals surface area contributed by atoms with Crippen LogP contribution in [0.1, 0.15) is 20.3 Å². The fourth-order valence-corrected chi connectivity index (χ4v) is 2.04. The van der Waals surface area contributed by atoms with Gasteiger partial charge in [-0.3, -0.25) is 9.89 Å². The van der Waals surface area contributed by atoms with Crippen molar-refractivity contribution in [2.75, 3.05) is 65.7 Å². The Morgan fingerprint density at radius 1 is 1.24 bits per heavy atom. The number of hydrogen-bond donors (Lipinski definition) is 2. The monoisotopic (exact) mass is 414 g/mol. The number of halogens is 1. The summed E-state index contributed by atoms with van der Waals surface area (Å²) in [6.07, 6.45) is 1.09. The summed E-state index contributed by atoms with van der Waals surface area (Å²) < 4.78 is 10.6. The minimum absolute atomic E-state index is 0. The first-order valence-electron chi connectivity index (χ1n) is 7.76. The molecule has 6 nitrogen and oxygen atoms in total. The van der Waals surface area contributed by atoms with Crippen LogP contribution in [0.15, 0.2) is 4.99 Å². The normalized spacial score (nSPS) is 16.4. The second kappa shape index (κ2) is 14.8. The molecule has 0 amide bonds. The lowest BCUT2D eigenvalue weighted by Crippen LogP contribution is -2.39. The van der Waals surface area contributed by atoms with Crippen LogP contribution in [-0.4, -0.2) is 76.6 Å². The first-order chi connectivity index (χ1) is 9.86. The van der Waals surface area contributed by atoms with E-state index in [1.54, 1.807) is 0 Å². The van der Waals surface area contributed by atoms with Crippen LogP contribution in [-0.2, 0) is 9.47 Å². The molecule has 0 aliphatic carbocycles. The van der Waals surface area contributed by atoms with Crippen LogP contribution >= 0.6 is 24.0 Å². The molecular weight excluding hydrogens is 383 g/mol. The molecule has 0 aromatic carbocycles. The Labute approximate surface area is 146 Å². The van der Waals surface area contributed by atoms with Crippen LogP contribution in [0.5, 0.6) is 0 Å². The highest BCUT2D eigenvalue weighted by molar-refractivity contribution is 14.0. The SMILES string of the molecule is CCNC(=NCCCN1CCOCC1)NCCOCC.I. The summed E-state index contributed by atoms with van der Waals surface area (Å²) in [6, 6.07) is 0. The third-order valence-electron chi connectivity index (χ3n) is 3.09. The van der Waals surface area contributed by atoms with Crippen molar-refractivity contribution in [2.45, 2.75) is 20.3 Å². The molecule has 21 heavy (non-hydrogen) atoms. The second-order valence-corrected chi connectivity index (χ2v) is 4.69. The predicted molar refractivity (Wildman–Crippen MR) is 97.8 cm³/mol. The summed E-state index contributed by atoms with van der Waals surface area (Å²) in [6.45, 7) is 13.0. The minimum Gasteiger partial charge on any atom is -0.380 e. The largest absolute Gasteiger partial charge is 0.380 e. The maximum absolute atomic E-state index is 5.34. The lowest BCUT2D eigenvalue weighted by Gasteiger charge is -2.26. The van der Waals surface area contributed by atoms with Crippen molar-refractivity contribution in [2.24, 2.45) is 4.99 Å². The Morgan fingerprint density at radius 2 is 2.00 bits per heavy atom. The zero-order valence-electron chi connectivity index (χ0n) is 13.4. The molecule has 0 spiro atoms. The highest BCUT2D eigenvalue weighted by atomic mass is 127. The molecule has 0 unspecified atom stereocenters. The number of rotatable bonds is 9. The molecule has 1 aliphatic rings. The van der Waals surface area contributed by atoms with E-state index in [2.05, 4.69) is 27.4 Å². The van der Waals surface area contributed by atoms with Crippen molar-refractivity contribution < 1.29 is 9.47 Å². The van der Waals surface area contributed by atoms with Gasteiger partial charge < -0.3 is 20.1 Å². The Morgan fingerprint density at radius 3 is 2.67 bits per heavy atom. The molecular formula is C14H31IN4O2. The quantitative estimate of drug-likeness (QED) is 0.254. The molecule has 0 aromatic heterocycles. The molecule has 1 saturated heterocycles. The molecule has 1 fully saturated rings. The Bertz CT molecular complexity index is 261. The van der Waals surface area contributed by atoms with Crippen molar-refractivity contribution in [1.82, 2.24) is 15.5 Å². The van der Waals surface area contributed by atoms with Crippen molar-refractivity contribution >= 4 is 29.9 Å². The van der Waals surface area contributed by atoms with E-state index in [0.717, 1.165) is 71.5 Å². The summed E-state index contributed by atoms with van der Waals surface area (Å²) in [7, 11) is 0. The van der Waals surface area contributed by atoms with Crippen molar-refractivity contribution in [1.29, 1.82) is 0 Å². The van der Waals surface area contributed by atoms with E-state index < -0.39 is 0 Å². The lowest BCUT2D eigenvalue weighted by molar-refractivity contribution is 0.0377. The van der Waals surface area contributed by atoms with Gasteiger partial charge in [-0.1, -0.05) is 0 Å². The average molecular weight is 414 g/mol. The van der Waals surface area contributed by atoms with Crippen LogP contribution in [0.25, 0.3) is 0 Å². The third-order valence-corrected chi connectivity index (χ3v) is 3.09. The van der Waals surface area contributed by atoms with Crippen molar-refractivity contribution in [3.05, 3.63) is 0 Å². The van der Waals surface area contributed by atoms with Crippen LogP contribution in [0, 0.1) is 0 Å². The van der Waals surface area contributed by atoms with E-state index >= 15 is 0 Å². The molecule has 0 bridgehead atoms. The van der Waals surface area contributed by atoms with Crippen LogP contribution in [0.2, 0.25) is 0 Å². The smallest absolute Gasteiger partial charge is 0.191 e. The molecule has 1 heterocycles. The van der Waals surface area contributed by atoms with Crippen LogP contribution in [0.3, 0.4) is 0 Å². The standard InChI is InChI=1S/C14H30N4O2.HI/c1-3-15-14(17-7-11-19-4-2)16-6-5-8-18-9-12-20-13-10-18;/h3-13H2,1-2H3,(H2,15,16,17);1H. The molecule has 2 N–H and O–H groups in total. The van der Waals surface area contributed by atoms with Crippen LogP contribution < -0.4 is 10.6 Å². The summed E-state index contributed by atoms with van der Waals surface area (Å²) in [5.41, 5.74) is 0. The molecule has 0 radical (unpaired) electrons. The topological polar surface area (TPSA) is 58.1 Å². The number of aliphatic imine (C=N–C) groups is 1. The van der Waals surface area contributed by atoms with Gasteiger partial charge in [0.15, 0.2) is 5.96 Å². The van der Waals surface area contributed by atoms with Gasteiger partial charge >= 0.3 is 0 Å². The molecule has 1 rings (SSSR count). The summed E-state index contributed by atoms with van der Waals surface area (Å²) in [4.78, 5) is 7.02. The molecule has 0 atom stereocenters. The van der Waals surface area contributed by atoms with Gasteiger partial charge in [-0.15, -0.1) is 24.0 Å². The average Bonchev–Trinajstić information content (AvgIpc) is 2.49. The Balaban J connectivity index is 0.00000400. The third kappa shape index (κ3) is 11.1. The van der Waals surface area contributed by atoms with Gasteiger partial charge in [-0.25, -0.2) is 0 Å². The Hall–Kier alpha value is -0.120. The first-order valence-corrected chi connectivity index (χ1v) is 7.76. The van der Waals surface area contributed by atoms with Gasteiger partial charge in [0.25, 0.3) is 0 Å². The summed E-state index contributed by atoms with van der Waals surface area (Å²) >= 11 is 0. The molecule has 0 saturated carbocycles. The Kier molecular flexibility index (Phi) is 14.7. The zero-order chi connectivity index (χ0) is 14.5. The second-order valence-electron chi connectivity index (χ2n) is 4.69. The summed E-state index contributed by atoms with van der Waals surface area (Å²) in [5, 5.41) is 6.52. The van der Waals surface area contributed by atoms with Gasteiger partial charge in [0.1, 0.15) is 0 Å². The van der Waals surface area contributed by atoms with Gasteiger partial charge in [-0.2, -0.15) is 0 Å². The highest BCUT2D eigenvalue weighted by Gasteiger charge is 2.08. The van der Waals surface area contributed by atoms with Gasteiger partial charge in [-0.05, 0) is 20.3 Å². The molecule has 0 aromatic rings.